The summed E-state index contributed by atoms with van der Waals surface area (Å²) in [4.78, 5) is 5.39. The van der Waals surface area contributed by atoms with Crippen LogP contribution in [-0.4, -0.2) is 57.0 Å². The molecule has 2 aliphatic heterocycles. The predicted molar refractivity (Wildman–Crippen MR) is 72.6 cm³/mol. The van der Waals surface area contributed by atoms with E-state index in [1.54, 1.807) is 0 Å². The molecule has 5 atom stereocenters. The number of aliphatic imine (C=N–C) groups is 1. The molecule has 0 amide bonds. The van der Waals surface area contributed by atoms with Crippen molar-refractivity contribution in [3.63, 3.8) is 0 Å². The van der Waals surface area contributed by atoms with E-state index >= 15 is 0 Å². The summed E-state index contributed by atoms with van der Waals surface area (Å²) in [5, 5.41) is 18.6. The zero-order valence-corrected chi connectivity index (χ0v) is 11.7. The van der Waals surface area contributed by atoms with Gasteiger partial charge in [-0.2, -0.15) is 0 Å². The lowest BCUT2D eigenvalue weighted by molar-refractivity contribution is -0.164. The standard InChI is InChI=1S/C12H17ClFN3O3/c1-6(14)12(5-18)10(19)9(13)11(20-12)17-4-3-8(15)16-7(17)2/h3-4,6,9-11,18-19H,2,5H2,1H3,(H2,15,16)/t6?,9-,10+,11-,12+/m1/s1. The van der Waals surface area contributed by atoms with Crippen LogP contribution in [0.5, 0.6) is 0 Å². The Labute approximate surface area is 121 Å². The van der Waals surface area contributed by atoms with Crippen molar-refractivity contribution in [3.8, 4) is 0 Å². The minimum Gasteiger partial charge on any atom is -0.393 e. The maximum atomic E-state index is 13.8. The molecule has 0 aromatic rings. The first-order valence-corrected chi connectivity index (χ1v) is 6.51. The Morgan fingerprint density at radius 2 is 2.40 bits per heavy atom. The van der Waals surface area contributed by atoms with Gasteiger partial charge in [-0.3, -0.25) is 0 Å². The highest BCUT2D eigenvalue weighted by molar-refractivity contribution is 6.21. The van der Waals surface area contributed by atoms with Gasteiger partial charge in [-0.15, -0.1) is 11.6 Å². The number of hydrogen-bond donors (Lipinski definition) is 3. The smallest absolute Gasteiger partial charge is 0.155 e. The van der Waals surface area contributed by atoms with Crippen LogP contribution in [0, 0.1) is 0 Å². The van der Waals surface area contributed by atoms with E-state index in [2.05, 4.69) is 11.6 Å². The molecule has 2 aliphatic rings. The summed E-state index contributed by atoms with van der Waals surface area (Å²) < 4.78 is 19.3. The molecule has 0 aromatic carbocycles. The number of aliphatic hydroxyl groups is 2. The zero-order valence-electron chi connectivity index (χ0n) is 10.9. The Morgan fingerprint density at radius 3 is 2.85 bits per heavy atom. The van der Waals surface area contributed by atoms with Crippen molar-refractivity contribution in [2.24, 2.45) is 10.7 Å². The highest BCUT2D eigenvalue weighted by Gasteiger charge is 2.58. The van der Waals surface area contributed by atoms with Crippen LogP contribution in [-0.2, 0) is 4.74 Å². The fourth-order valence-corrected chi connectivity index (χ4v) is 2.69. The van der Waals surface area contributed by atoms with E-state index < -0.39 is 36.1 Å². The van der Waals surface area contributed by atoms with E-state index in [9.17, 15) is 14.6 Å². The molecule has 0 radical (unpaired) electrons. The van der Waals surface area contributed by atoms with Gasteiger partial charge in [0.05, 0.1) is 6.61 Å². The van der Waals surface area contributed by atoms with Gasteiger partial charge in [-0.1, -0.05) is 6.58 Å². The fourth-order valence-electron chi connectivity index (χ4n) is 2.30. The van der Waals surface area contributed by atoms with Crippen molar-refractivity contribution < 1.29 is 19.3 Å². The van der Waals surface area contributed by atoms with Gasteiger partial charge in [0.1, 0.15) is 29.3 Å². The van der Waals surface area contributed by atoms with Crippen LogP contribution in [0.25, 0.3) is 0 Å². The Kier molecular flexibility index (Phi) is 4.06. The quantitative estimate of drug-likeness (QED) is 0.641. The van der Waals surface area contributed by atoms with Crippen molar-refractivity contribution in [2.45, 2.75) is 36.4 Å². The molecular weight excluding hydrogens is 289 g/mol. The third-order valence-corrected chi connectivity index (χ3v) is 4.03. The van der Waals surface area contributed by atoms with Gasteiger partial charge in [-0.25, -0.2) is 9.38 Å². The zero-order chi connectivity index (χ0) is 15.1. The van der Waals surface area contributed by atoms with Crippen molar-refractivity contribution in [3.05, 3.63) is 24.7 Å². The van der Waals surface area contributed by atoms with Gasteiger partial charge < -0.3 is 25.6 Å². The average Bonchev–Trinajstić information content (AvgIpc) is 2.64. The van der Waals surface area contributed by atoms with Gasteiger partial charge in [-0.05, 0) is 13.0 Å². The second kappa shape index (κ2) is 5.33. The van der Waals surface area contributed by atoms with Gasteiger partial charge in [0.25, 0.3) is 0 Å². The summed E-state index contributed by atoms with van der Waals surface area (Å²) in [5.41, 5.74) is 3.76. The number of nitrogens with two attached hydrogens (primary N) is 1. The number of halogens is 2. The molecule has 2 heterocycles. The summed E-state index contributed by atoms with van der Waals surface area (Å²) in [6, 6.07) is 0. The Balaban J connectivity index is 2.28. The van der Waals surface area contributed by atoms with Crippen LogP contribution in [0.1, 0.15) is 6.92 Å². The third kappa shape index (κ3) is 2.20. The molecule has 0 aliphatic carbocycles. The molecule has 6 nitrogen and oxygen atoms in total. The van der Waals surface area contributed by atoms with E-state index in [1.165, 1.54) is 24.1 Å². The van der Waals surface area contributed by atoms with Gasteiger partial charge in [0.15, 0.2) is 11.8 Å². The van der Waals surface area contributed by atoms with Gasteiger partial charge in [0.2, 0.25) is 0 Å². The molecule has 112 valence electrons. The van der Waals surface area contributed by atoms with Gasteiger partial charge in [0, 0.05) is 6.20 Å². The van der Waals surface area contributed by atoms with E-state index in [-0.39, 0.29) is 11.7 Å². The maximum absolute atomic E-state index is 13.8. The SMILES string of the molecule is C=C1N=C(N)C=CN1[C@@H]1O[C@@](CO)(C(C)F)[C@@H](O)[C@H]1Cl. The number of alkyl halides is 2. The van der Waals surface area contributed by atoms with E-state index in [0.29, 0.717) is 0 Å². The molecule has 2 rings (SSSR count). The molecule has 4 N–H and O–H groups in total. The second-order valence-electron chi connectivity index (χ2n) is 4.80. The Morgan fingerprint density at radius 1 is 1.75 bits per heavy atom. The van der Waals surface area contributed by atoms with Crippen molar-refractivity contribution in [1.82, 2.24) is 4.90 Å². The topological polar surface area (TPSA) is 91.3 Å². The largest absolute Gasteiger partial charge is 0.393 e. The minimum atomic E-state index is -1.77. The fraction of sp³-hybridized carbons (Fsp3) is 0.583. The van der Waals surface area contributed by atoms with Crippen LogP contribution in [0.3, 0.4) is 0 Å². The summed E-state index contributed by atoms with van der Waals surface area (Å²) in [6.45, 7) is 4.20. The second-order valence-corrected chi connectivity index (χ2v) is 5.31. The summed E-state index contributed by atoms with van der Waals surface area (Å²) in [5.74, 6) is 0.524. The summed E-state index contributed by atoms with van der Waals surface area (Å²) in [7, 11) is 0. The molecule has 8 heteroatoms. The number of hydrogen-bond acceptors (Lipinski definition) is 6. The Hall–Kier alpha value is -1.15. The highest BCUT2D eigenvalue weighted by Crippen LogP contribution is 2.40. The number of ether oxygens (including phenoxy) is 1. The first kappa shape index (κ1) is 15.2. The molecule has 0 bridgehead atoms. The molecule has 1 saturated heterocycles. The number of aliphatic hydroxyl groups excluding tert-OH is 2. The average molecular weight is 306 g/mol. The van der Waals surface area contributed by atoms with E-state index in [0.717, 1.165) is 0 Å². The van der Waals surface area contributed by atoms with Crippen LogP contribution in [0.4, 0.5) is 4.39 Å². The molecular formula is C12H17ClFN3O3. The Bertz CT molecular complexity index is 471. The molecule has 0 aromatic heterocycles. The minimum absolute atomic E-state index is 0.258. The highest BCUT2D eigenvalue weighted by atomic mass is 35.5. The van der Waals surface area contributed by atoms with E-state index in [1.807, 2.05) is 0 Å². The van der Waals surface area contributed by atoms with Crippen LogP contribution < -0.4 is 5.73 Å². The first-order valence-electron chi connectivity index (χ1n) is 6.08. The normalized spacial score (nSPS) is 39.0. The lowest BCUT2D eigenvalue weighted by Gasteiger charge is -2.33. The van der Waals surface area contributed by atoms with E-state index in [4.69, 9.17) is 22.1 Å². The third-order valence-electron chi connectivity index (χ3n) is 3.57. The van der Waals surface area contributed by atoms with Gasteiger partial charge >= 0.3 is 0 Å². The lowest BCUT2D eigenvalue weighted by Crippen LogP contribution is -2.51. The molecule has 0 saturated carbocycles. The number of amidine groups is 1. The monoisotopic (exact) mass is 305 g/mol. The molecule has 1 unspecified atom stereocenters. The molecule has 20 heavy (non-hydrogen) atoms. The molecule has 1 fully saturated rings. The maximum Gasteiger partial charge on any atom is 0.155 e. The van der Waals surface area contributed by atoms with Crippen LogP contribution in [0.15, 0.2) is 29.7 Å². The van der Waals surface area contributed by atoms with Crippen molar-refractivity contribution in [1.29, 1.82) is 0 Å². The van der Waals surface area contributed by atoms with Crippen molar-refractivity contribution >= 4 is 17.4 Å². The van der Waals surface area contributed by atoms with Crippen LogP contribution in [0.2, 0.25) is 0 Å². The predicted octanol–water partition coefficient (Wildman–Crippen LogP) is 0.0578. The summed E-state index contributed by atoms with van der Waals surface area (Å²) >= 11 is 6.12. The first-order chi connectivity index (χ1) is 9.33. The van der Waals surface area contributed by atoms with Crippen molar-refractivity contribution in [2.75, 3.05) is 6.61 Å². The van der Waals surface area contributed by atoms with Crippen LogP contribution >= 0.6 is 11.6 Å². The number of rotatable bonds is 3. The number of nitrogens with zero attached hydrogens (tertiary/aromatic N) is 2. The molecule has 0 spiro atoms. The summed E-state index contributed by atoms with van der Waals surface area (Å²) in [6.07, 6.45) is -0.842. The lowest BCUT2D eigenvalue weighted by atomic mass is 9.93.